The van der Waals surface area contributed by atoms with Gasteiger partial charge in [-0.15, -0.1) is 0 Å². The van der Waals surface area contributed by atoms with Crippen LogP contribution < -0.4 is 15.4 Å². The van der Waals surface area contributed by atoms with Crippen LogP contribution in [0.15, 0.2) is 18.2 Å². The molecule has 1 aromatic carbocycles. The third kappa shape index (κ3) is 3.99. The van der Waals surface area contributed by atoms with E-state index < -0.39 is 11.7 Å². The first-order valence-corrected chi connectivity index (χ1v) is 11.5. The minimum absolute atomic E-state index is 0.00668. The molecule has 1 saturated heterocycles. The largest absolute Gasteiger partial charge is 0.484 e. The molecule has 9 heteroatoms. The maximum Gasteiger partial charge on any atom is 0.258 e. The monoisotopic (exact) mass is 464 g/mol. The molecule has 6 rings (SSSR count). The van der Waals surface area contributed by atoms with E-state index in [1.54, 1.807) is 0 Å². The first-order valence-electron chi connectivity index (χ1n) is 11.2. The van der Waals surface area contributed by atoms with E-state index >= 15 is 0 Å². The Bertz CT molecular complexity index is 950. The van der Waals surface area contributed by atoms with Crippen molar-refractivity contribution >= 4 is 29.2 Å². The molecule has 4 saturated carbocycles. The Kier molecular flexibility index (Phi) is 5.61. The molecule has 7 nitrogen and oxygen atoms in total. The number of halogens is 2. The van der Waals surface area contributed by atoms with E-state index in [0.717, 1.165) is 31.7 Å². The summed E-state index contributed by atoms with van der Waals surface area (Å²) in [5.41, 5.74) is -0.344. The lowest BCUT2D eigenvalue weighted by molar-refractivity contribution is -0.134. The summed E-state index contributed by atoms with van der Waals surface area (Å²) in [5, 5.41) is 6.15. The number of carbonyl (C=O) groups is 3. The van der Waals surface area contributed by atoms with E-state index in [-0.39, 0.29) is 58.6 Å². The van der Waals surface area contributed by atoms with Crippen molar-refractivity contribution < 1.29 is 28.2 Å². The normalized spacial score (nSPS) is 35.1. The number of ketones is 1. The molecular formula is C23H26ClFN2O5. The van der Waals surface area contributed by atoms with Crippen LogP contribution in [0.5, 0.6) is 5.75 Å². The highest BCUT2D eigenvalue weighted by atomic mass is 35.5. The fraction of sp³-hybridized carbons (Fsp3) is 0.609. The maximum absolute atomic E-state index is 13.5. The molecule has 0 radical (unpaired) electrons. The molecule has 4 unspecified atom stereocenters. The van der Waals surface area contributed by atoms with Crippen molar-refractivity contribution in [3.8, 4) is 5.75 Å². The number of hydrogen-bond donors (Lipinski definition) is 2. The van der Waals surface area contributed by atoms with Gasteiger partial charge < -0.3 is 20.1 Å². The highest BCUT2D eigenvalue weighted by Gasteiger charge is 2.58. The van der Waals surface area contributed by atoms with Crippen LogP contribution in [0, 0.1) is 23.6 Å². The minimum atomic E-state index is -0.603. The average Bonchev–Trinajstić information content (AvgIpc) is 3.40. The van der Waals surface area contributed by atoms with E-state index in [0.29, 0.717) is 25.4 Å². The second-order valence-corrected chi connectivity index (χ2v) is 9.95. The van der Waals surface area contributed by atoms with Gasteiger partial charge in [0.25, 0.3) is 5.91 Å². The fourth-order valence-electron chi connectivity index (χ4n) is 5.91. The summed E-state index contributed by atoms with van der Waals surface area (Å²) < 4.78 is 24.6. The van der Waals surface area contributed by atoms with Crippen LogP contribution in [0.2, 0.25) is 5.02 Å². The van der Waals surface area contributed by atoms with Gasteiger partial charge in [0.1, 0.15) is 17.3 Å². The van der Waals surface area contributed by atoms with Crippen LogP contribution in [0.25, 0.3) is 0 Å². The van der Waals surface area contributed by atoms with E-state index in [1.807, 2.05) is 0 Å². The third-order valence-corrected chi connectivity index (χ3v) is 7.73. The molecule has 4 aliphatic carbocycles. The smallest absolute Gasteiger partial charge is 0.258 e. The Morgan fingerprint density at radius 2 is 2.09 bits per heavy atom. The van der Waals surface area contributed by atoms with Crippen molar-refractivity contribution in [3.63, 3.8) is 0 Å². The first kappa shape index (κ1) is 21.6. The summed E-state index contributed by atoms with van der Waals surface area (Å²) in [4.78, 5) is 37.6. The summed E-state index contributed by atoms with van der Waals surface area (Å²) in [6.07, 6.45) is 4.32. The topological polar surface area (TPSA) is 93.7 Å². The molecular weight excluding hydrogens is 439 g/mol. The molecule has 1 aromatic rings. The maximum atomic E-state index is 13.5. The summed E-state index contributed by atoms with van der Waals surface area (Å²) >= 11 is 5.65. The molecule has 2 amide bonds. The lowest BCUT2D eigenvalue weighted by Crippen LogP contribution is -2.53. The lowest BCUT2D eigenvalue weighted by atomic mass is 9.76. The van der Waals surface area contributed by atoms with Gasteiger partial charge >= 0.3 is 0 Å². The average molecular weight is 465 g/mol. The molecule has 2 bridgehead atoms. The molecule has 5 fully saturated rings. The van der Waals surface area contributed by atoms with Crippen molar-refractivity contribution in [3.05, 3.63) is 29.0 Å². The van der Waals surface area contributed by atoms with Crippen molar-refractivity contribution in [2.75, 3.05) is 13.2 Å². The van der Waals surface area contributed by atoms with Gasteiger partial charge in [0, 0.05) is 24.1 Å². The number of amides is 2. The number of Topliss-reactive ketones (excluding diaryl/α,β-unsaturated/α-hetero) is 1. The van der Waals surface area contributed by atoms with Gasteiger partial charge in [-0.1, -0.05) is 11.6 Å². The number of rotatable bonds is 6. The van der Waals surface area contributed by atoms with Crippen molar-refractivity contribution in [2.45, 2.75) is 56.2 Å². The highest BCUT2D eigenvalue weighted by molar-refractivity contribution is 6.30. The summed E-state index contributed by atoms with van der Waals surface area (Å²) in [6, 6.07) is 4.00. The Balaban J connectivity index is 1.12. The van der Waals surface area contributed by atoms with Gasteiger partial charge in [-0.05, 0) is 50.2 Å². The SMILES string of the molecule is O=C(COc1ccc(Cl)c(F)c1)NC12CC(C1)C(NC(=O)C1COC3CCCC(=O)C31)C2. The summed E-state index contributed by atoms with van der Waals surface area (Å²) in [7, 11) is 0. The van der Waals surface area contributed by atoms with Crippen LogP contribution in [0.4, 0.5) is 4.39 Å². The fourth-order valence-corrected chi connectivity index (χ4v) is 6.03. The van der Waals surface area contributed by atoms with Crippen molar-refractivity contribution in [2.24, 2.45) is 17.8 Å². The molecule has 1 heterocycles. The second kappa shape index (κ2) is 8.30. The van der Waals surface area contributed by atoms with Gasteiger partial charge in [0.2, 0.25) is 5.91 Å². The second-order valence-electron chi connectivity index (χ2n) is 9.54. The van der Waals surface area contributed by atoms with Crippen molar-refractivity contribution in [1.29, 1.82) is 0 Å². The Labute approximate surface area is 190 Å². The van der Waals surface area contributed by atoms with E-state index in [4.69, 9.17) is 21.1 Å². The molecule has 2 N–H and O–H groups in total. The molecule has 0 aromatic heterocycles. The molecule has 4 atom stereocenters. The van der Waals surface area contributed by atoms with Gasteiger partial charge in [0.05, 0.1) is 29.6 Å². The number of hydrogen-bond acceptors (Lipinski definition) is 5. The number of ether oxygens (including phenoxy) is 2. The zero-order valence-electron chi connectivity index (χ0n) is 17.6. The summed E-state index contributed by atoms with van der Waals surface area (Å²) in [6.45, 7) is 0.0733. The van der Waals surface area contributed by atoms with Gasteiger partial charge in [-0.2, -0.15) is 0 Å². The lowest BCUT2D eigenvalue weighted by Gasteiger charge is -2.39. The summed E-state index contributed by atoms with van der Waals surface area (Å²) in [5.74, 6) is -1.05. The quantitative estimate of drug-likeness (QED) is 0.674. The third-order valence-electron chi connectivity index (χ3n) is 7.42. The Hall–Kier alpha value is -2.19. The van der Waals surface area contributed by atoms with Gasteiger partial charge in [-0.3, -0.25) is 14.4 Å². The van der Waals surface area contributed by atoms with Crippen LogP contribution in [0.3, 0.4) is 0 Å². The first-order chi connectivity index (χ1) is 15.3. The number of benzene rings is 1. The highest BCUT2D eigenvalue weighted by Crippen LogP contribution is 2.52. The number of fused-ring (bicyclic) bond motifs is 2. The predicted octanol–water partition coefficient (Wildman–Crippen LogP) is 2.40. The van der Waals surface area contributed by atoms with Crippen LogP contribution in [-0.4, -0.2) is 48.5 Å². The molecule has 1 aliphatic heterocycles. The standard InChI is InChI=1S/C23H26ClFN2O5/c24-15-5-4-13(6-16(15)25)31-11-20(29)27-23-7-12(8-23)17(9-23)26-22(30)14-10-32-19-3-1-2-18(28)21(14)19/h4-6,12,14,17,19,21H,1-3,7-11H2,(H,26,30)(H,27,29). The zero-order valence-corrected chi connectivity index (χ0v) is 18.3. The molecule has 0 spiro atoms. The predicted molar refractivity (Wildman–Crippen MR) is 113 cm³/mol. The number of nitrogens with one attached hydrogen (secondary N) is 2. The minimum Gasteiger partial charge on any atom is -0.484 e. The van der Waals surface area contributed by atoms with Gasteiger partial charge in [0.15, 0.2) is 6.61 Å². The van der Waals surface area contributed by atoms with E-state index in [2.05, 4.69) is 10.6 Å². The van der Waals surface area contributed by atoms with Crippen LogP contribution >= 0.6 is 11.6 Å². The van der Waals surface area contributed by atoms with E-state index in [9.17, 15) is 18.8 Å². The van der Waals surface area contributed by atoms with Crippen molar-refractivity contribution in [1.82, 2.24) is 10.6 Å². The Morgan fingerprint density at radius 3 is 2.88 bits per heavy atom. The Morgan fingerprint density at radius 1 is 1.28 bits per heavy atom. The van der Waals surface area contributed by atoms with Gasteiger partial charge in [-0.25, -0.2) is 4.39 Å². The van der Waals surface area contributed by atoms with Crippen LogP contribution in [-0.2, 0) is 19.1 Å². The van der Waals surface area contributed by atoms with Crippen LogP contribution in [0.1, 0.15) is 38.5 Å². The molecule has 32 heavy (non-hydrogen) atoms. The molecule has 172 valence electrons. The number of carbonyl (C=O) groups excluding carboxylic acids is 3. The van der Waals surface area contributed by atoms with E-state index in [1.165, 1.54) is 12.1 Å². The molecule has 5 aliphatic rings. The zero-order chi connectivity index (χ0) is 22.5.